The number of oxime groups is 1. The van der Waals surface area contributed by atoms with Crippen LogP contribution in [0.4, 0.5) is 0 Å². The van der Waals surface area contributed by atoms with Crippen molar-refractivity contribution in [2.75, 3.05) is 0 Å². The molecule has 2 rings (SSSR count). The summed E-state index contributed by atoms with van der Waals surface area (Å²) in [6.45, 7) is 4.43. The fourth-order valence-electron chi connectivity index (χ4n) is 2.68. The molecule has 0 radical (unpaired) electrons. The second-order valence-corrected chi connectivity index (χ2v) is 5.03. The van der Waals surface area contributed by atoms with E-state index >= 15 is 0 Å². The predicted molar refractivity (Wildman–Crippen MR) is 67.5 cm³/mol. The molecule has 1 aliphatic heterocycles. The Morgan fingerprint density at radius 2 is 2.31 bits per heavy atom. The van der Waals surface area contributed by atoms with Crippen LogP contribution < -0.4 is 0 Å². The number of hydrogen-bond donors (Lipinski definition) is 0. The molecule has 0 saturated carbocycles. The van der Waals surface area contributed by atoms with E-state index in [-0.39, 0.29) is 0 Å². The van der Waals surface area contributed by atoms with E-state index in [0.717, 1.165) is 25.2 Å². The largest absolute Gasteiger partial charge is 0.392 e. The normalized spacial score (nSPS) is 29.6. The molecular weight excluding hydrogens is 198 g/mol. The van der Waals surface area contributed by atoms with Gasteiger partial charge in [0.05, 0.1) is 5.71 Å². The second kappa shape index (κ2) is 5.51. The minimum Gasteiger partial charge on any atom is -0.392 e. The minimum atomic E-state index is 0.355. The fraction of sp³-hybridized carbons (Fsp3) is 0.786. The number of allylic oxidation sites excluding steroid dienone is 2. The van der Waals surface area contributed by atoms with Crippen molar-refractivity contribution in [3.05, 3.63) is 11.6 Å². The molecular formula is C14H23NO. The van der Waals surface area contributed by atoms with Gasteiger partial charge in [0.15, 0.2) is 0 Å². The van der Waals surface area contributed by atoms with Crippen molar-refractivity contribution in [3.8, 4) is 0 Å². The lowest BCUT2D eigenvalue weighted by molar-refractivity contribution is 0.0828. The van der Waals surface area contributed by atoms with E-state index in [1.807, 2.05) is 0 Å². The first-order valence-corrected chi connectivity index (χ1v) is 6.73. The second-order valence-electron chi connectivity index (χ2n) is 5.03. The maximum absolute atomic E-state index is 5.38. The van der Waals surface area contributed by atoms with Crippen LogP contribution in [0.15, 0.2) is 16.8 Å². The quantitative estimate of drug-likeness (QED) is 0.656. The lowest BCUT2D eigenvalue weighted by Crippen LogP contribution is -2.11. The molecule has 1 unspecified atom stereocenters. The highest BCUT2D eigenvalue weighted by Gasteiger charge is 2.22. The van der Waals surface area contributed by atoms with Crippen molar-refractivity contribution >= 4 is 5.71 Å². The Kier molecular flexibility index (Phi) is 4.03. The summed E-state index contributed by atoms with van der Waals surface area (Å²) in [4.78, 5) is 5.38. The Bertz CT molecular complexity index is 293. The maximum atomic E-state index is 5.38. The summed E-state index contributed by atoms with van der Waals surface area (Å²) in [5.74, 6) is 0.724. The van der Waals surface area contributed by atoms with Gasteiger partial charge in [0.25, 0.3) is 0 Å². The summed E-state index contributed by atoms with van der Waals surface area (Å²) < 4.78 is 0. The number of hydrogen-bond acceptors (Lipinski definition) is 2. The summed E-state index contributed by atoms with van der Waals surface area (Å²) in [5, 5.41) is 4.22. The van der Waals surface area contributed by atoms with E-state index in [0.29, 0.717) is 6.10 Å². The summed E-state index contributed by atoms with van der Waals surface area (Å²) in [7, 11) is 0. The predicted octanol–water partition coefficient (Wildman–Crippen LogP) is 4.07. The Morgan fingerprint density at radius 1 is 1.44 bits per heavy atom. The maximum Gasteiger partial charge on any atom is 0.132 e. The Hall–Kier alpha value is -0.790. The zero-order valence-electron chi connectivity index (χ0n) is 10.5. The van der Waals surface area contributed by atoms with Crippen molar-refractivity contribution in [1.29, 1.82) is 0 Å². The van der Waals surface area contributed by atoms with Gasteiger partial charge in [-0.15, -0.1) is 0 Å². The molecule has 90 valence electrons. The zero-order chi connectivity index (χ0) is 11.4. The van der Waals surface area contributed by atoms with Crippen LogP contribution in [0.3, 0.4) is 0 Å². The molecule has 0 N–H and O–H groups in total. The molecule has 1 aliphatic carbocycles. The summed E-state index contributed by atoms with van der Waals surface area (Å²) in [5.41, 5.74) is 2.92. The van der Waals surface area contributed by atoms with Gasteiger partial charge in [0.2, 0.25) is 0 Å². The average Bonchev–Trinajstić information content (AvgIpc) is 2.77. The highest BCUT2D eigenvalue weighted by Crippen LogP contribution is 2.29. The summed E-state index contributed by atoms with van der Waals surface area (Å²) >= 11 is 0. The smallest absolute Gasteiger partial charge is 0.132 e. The number of rotatable bonds is 4. The SMILES string of the molecule is CCC1=C[C@H](CC2=NOC(CC)C2)CCC1. The summed E-state index contributed by atoms with van der Waals surface area (Å²) in [6, 6.07) is 0. The van der Waals surface area contributed by atoms with Crippen LogP contribution in [0.5, 0.6) is 0 Å². The van der Waals surface area contributed by atoms with Crippen LogP contribution in [0.2, 0.25) is 0 Å². The van der Waals surface area contributed by atoms with Gasteiger partial charge in [-0.2, -0.15) is 0 Å². The van der Waals surface area contributed by atoms with E-state index in [4.69, 9.17) is 4.84 Å². The molecule has 0 fully saturated rings. The van der Waals surface area contributed by atoms with Crippen LogP contribution >= 0.6 is 0 Å². The van der Waals surface area contributed by atoms with E-state index in [2.05, 4.69) is 25.1 Å². The van der Waals surface area contributed by atoms with Gasteiger partial charge < -0.3 is 4.84 Å². The van der Waals surface area contributed by atoms with Gasteiger partial charge in [0.1, 0.15) is 6.10 Å². The van der Waals surface area contributed by atoms with Gasteiger partial charge in [-0.3, -0.25) is 0 Å². The molecule has 0 aromatic carbocycles. The first-order valence-electron chi connectivity index (χ1n) is 6.73. The topological polar surface area (TPSA) is 21.6 Å². The first-order chi connectivity index (χ1) is 7.81. The van der Waals surface area contributed by atoms with Crippen LogP contribution in [-0.4, -0.2) is 11.8 Å². The number of nitrogens with zero attached hydrogens (tertiary/aromatic N) is 1. The van der Waals surface area contributed by atoms with Crippen LogP contribution in [0, 0.1) is 5.92 Å². The summed E-state index contributed by atoms with van der Waals surface area (Å²) in [6.07, 6.45) is 11.3. The highest BCUT2D eigenvalue weighted by molar-refractivity contribution is 5.85. The first kappa shape index (κ1) is 11.7. The van der Waals surface area contributed by atoms with Crippen LogP contribution in [0.25, 0.3) is 0 Å². The highest BCUT2D eigenvalue weighted by atomic mass is 16.6. The molecule has 0 spiro atoms. The van der Waals surface area contributed by atoms with Gasteiger partial charge in [-0.05, 0) is 44.4 Å². The molecule has 2 atom stereocenters. The van der Waals surface area contributed by atoms with Gasteiger partial charge in [-0.25, -0.2) is 0 Å². The van der Waals surface area contributed by atoms with Gasteiger partial charge in [0, 0.05) is 6.42 Å². The molecule has 2 heteroatoms. The lowest BCUT2D eigenvalue weighted by atomic mass is 9.85. The van der Waals surface area contributed by atoms with Crippen molar-refractivity contribution in [2.24, 2.45) is 11.1 Å². The third-order valence-electron chi connectivity index (χ3n) is 3.75. The Morgan fingerprint density at radius 3 is 3.00 bits per heavy atom. The van der Waals surface area contributed by atoms with Crippen molar-refractivity contribution in [3.63, 3.8) is 0 Å². The molecule has 2 aliphatic rings. The van der Waals surface area contributed by atoms with E-state index in [1.165, 1.54) is 31.4 Å². The Labute approximate surface area is 98.7 Å². The third-order valence-corrected chi connectivity index (χ3v) is 3.75. The molecule has 0 aromatic rings. The average molecular weight is 221 g/mol. The van der Waals surface area contributed by atoms with Crippen LogP contribution in [0.1, 0.15) is 58.8 Å². The molecule has 0 amide bonds. The molecule has 0 aromatic heterocycles. The monoisotopic (exact) mass is 221 g/mol. The standard InChI is InChI=1S/C14H23NO/c1-3-11-6-5-7-12(8-11)9-13-10-14(4-2)16-15-13/h8,12,14H,3-7,9-10H2,1-2H3/t12-,14?/m1/s1. The van der Waals surface area contributed by atoms with Crippen molar-refractivity contribution in [1.82, 2.24) is 0 Å². The van der Waals surface area contributed by atoms with Crippen LogP contribution in [-0.2, 0) is 4.84 Å². The molecule has 16 heavy (non-hydrogen) atoms. The fourth-order valence-corrected chi connectivity index (χ4v) is 2.68. The minimum absolute atomic E-state index is 0.355. The molecule has 1 heterocycles. The van der Waals surface area contributed by atoms with E-state index in [1.54, 1.807) is 5.57 Å². The molecule has 0 saturated heterocycles. The van der Waals surface area contributed by atoms with E-state index < -0.39 is 0 Å². The lowest BCUT2D eigenvalue weighted by Gasteiger charge is -2.20. The third kappa shape index (κ3) is 2.87. The Balaban J connectivity index is 1.86. The molecule has 0 bridgehead atoms. The van der Waals surface area contributed by atoms with Crippen molar-refractivity contribution < 1.29 is 4.84 Å². The van der Waals surface area contributed by atoms with E-state index in [9.17, 15) is 0 Å². The zero-order valence-corrected chi connectivity index (χ0v) is 10.5. The molecule has 2 nitrogen and oxygen atoms in total. The van der Waals surface area contributed by atoms with Gasteiger partial charge in [-0.1, -0.05) is 30.7 Å². The van der Waals surface area contributed by atoms with Gasteiger partial charge >= 0.3 is 0 Å². The van der Waals surface area contributed by atoms with Crippen molar-refractivity contribution in [2.45, 2.75) is 64.9 Å².